The Bertz CT molecular complexity index is 485. The molecule has 2 heterocycles. The normalized spacial score (nSPS) is 24.6. The van der Waals surface area contributed by atoms with E-state index in [0.717, 1.165) is 0 Å². The van der Waals surface area contributed by atoms with Gasteiger partial charge in [0.2, 0.25) is 0 Å². The third-order valence-electron chi connectivity index (χ3n) is 2.97. The first-order valence-corrected chi connectivity index (χ1v) is 6.43. The summed E-state index contributed by atoms with van der Waals surface area (Å²) in [6, 6.07) is 1.62. The third-order valence-corrected chi connectivity index (χ3v) is 3.35. The molecule has 6 nitrogen and oxygen atoms in total. The Labute approximate surface area is 116 Å². The van der Waals surface area contributed by atoms with Gasteiger partial charge in [-0.3, -0.25) is 0 Å². The van der Waals surface area contributed by atoms with Crippen LogP contribution in [0.25, 0.3) is 0 Å². The Morgan fingerprint density at radius 1 is 1.53 bits per heavy atom. The molecule has 0 amide bonds. The van der Waals surface area contributed by atoms with Crippen LogP contribution in [0.3, 0.4) is 0 Å². The molecule has 1 saturated heterocycles. The van der Waals surface area contributed by atoms with Crippen LogP contribution in [0.5, 0.6) is 0 Å². The summed E-state index contributed by atoms with van der Waals surface area (Å²) in [6.45, 7) is 5.42. The molecule has 1 aromatic heterocycles. The molecule has 2 atom stereocenters. The number of nitrogens with zero attached hydrogens (tertiary/aromatic N) is 3. The highest BCUT2D eigenvalue weighted by Crippen LogP contribution is 2.29. The van der Waals surface area contributed by atoms with Crippen LogP contribution in [0, 0.1) is 0 Å². The number of aromatic nitrogens is 1. The second-order valence-corrected chi connectivity index (χ2v) is 5.02. The number of nitrogens with two attached hydrogens (primary N) is 1. The molecule has 3 N–H and O–H groups in total. The van der Waals surface area contributed by atoms with Gasteiger partial charge in [0.05, 0.1) is 17.2 Å². The third kappa shape index (κ3) is 2.90. The maximum absolute atomic E-state index is 8.75. The number of rotatable bonds is 2. The number of halogens is 1. The van der Waals surface area contributed by atoms with Crippen LogP contribution in [0.1, 0.15) is 19.4 Å². The van der Waals surface area contributed by atoms with E-state index in [9.17, 15) is 0 Å². The number of morpholine rings is 1. The zero-order valence-electron chi connectivity index (χ0n) is 10.9. The lowest BCUT2D eigenvalue weighted by molar-refractivity contribution is -0.00545. The summed E-state index contributed by atoms with van der Waals surface area (Å²) in [5, 5.41) is 12.1. The number of oxime groups is 1. The van der Waals surface area contributed by atoms with Crippen molar-refractivity contribution in [2.45, 2.75) is 26.1 Å². The van der Waals surface area contributed by atoms with Gasteiger partial charge in [0.1, 0.15) is 5.82 Å². The van der Waals surface area contributed by atoms with Crippen LogP contribution < -0.4 is 10.6 Å². The van der Waals surface area contributed by atoms with Crippen molar-refractivity contribution in [2.75, 3.05) is 18.0 Å². The molecule has 1 fully saturated rings. The van der Waals surface area contributed by atoms with Crippen molar-refractivity contribution in [2.24, 2.45) is 10.9 Å². The highest BCUT2D eigenvalue weighted by molar-refractivity contribution is 6.36. The maximum Gasteiger partial charge on any atom is 0.171 e. The van der Waals surface area contributed by atoms with Gasteiger partial charge in [-0.1, -0.05) is 16.8 Å². The van der Waals surface area contributed by atoms with E-state index in [-0.39, 0.29) is 18.0 Å². The minimum atomic E-state index is -0.0250. The molecular weight excluding hydrogens is 268 g/mol. The van der Waals surface area contributed by atoms with Crippen molar-refractivity contribution in [3.05, 3.63) is 22.8 Å². The van der Waals surface area contributed by atoms with Gasteiger partial charge >= 0.3 is 0 Å². The van der Waals surface area contributed by atoms with E-state index in [1.54, 1.807) is 12.3 Å². The van der Waals surface area contributed by atoms with Crippen LogP contribution in [-0.2, 0) is 4.74 Å². The average molecular weight is 285 g/mol. The summed E-state index contributed by atoms with van der Waals surface area (Å²) in [6.07, 6.45) is 1.81. The average Bonchev–Trinajstić information content (AvgIpc) is 2.37. The maximum atomic E-state index is 8.75. The molecule has 0 radical (unpaired) electrons. The Kier molecular flexibility index (Phi) is 4.11. The van der Waals surface area contributed by atoms with Crippen LogP contribution in [-0.4, -0.2) is 41.3 Å². The van der Waals surface area contributed by atoms with Crippen molar-refractivity contribution >= 4 is 23.3 Å². The molecule has 1 aliphatic rings. The molecule has 104 valence electrons. The van der Waals surface area contributed by atoms with Gasteiger partial charge < -0.3 is 20.6 Å². The largest absolute Gasteiger partial charge is 0.409 e. The van der Waals surface area contributed by atoms with E-state index in [0.29, 0.717) is 29.5 Å². The summed E-state index contributed by atoms with van der Waals surface area (Å²) >= 11 is 6.29. The fourth-order valence-electron chi connectivity index (χ4n) is 2.26. The minimum absolute atomic E-state index is 0.0250. The first kappa shape index (κ1) is 13.9. The lowest BCUT2D eigenvalue weighted by atomic mass is 10.2. The van der Waals surface area contributed by atoms with Crippen molar-refractivity contribution < 1.29 is 9.94 Å². The van der Waals surface area contributed by atoms with E-state index in [2.05, 4.69) is 15.0 Å². The van der Waals surface area contributed by atoms with Crippen LogP contribution in [0.4, 0.5) is 5.82 Å². The van der Waals surface area contributed by atoms with Gasteiger partial charge in [0.15, 0.2) is 5.84 Å². The molecule has 1 aliphatic heterocycles. The van der Waals surface area contributed by atoms with Gasteiger partial charge in [-0.05, 0) is 19.9 Å². The summed E-state index contributed by atoms with van der Waals surface area (Å²) in [7, 11) is 0. The molecule has 1 aromatic rings. The fraction of sp³-hybridized carbons (Fsp3) is 0.500. The van der Waals surface area contributed by atoms with E-state index < -0.39 is 0 Å². The second kappa shape index (κ2) is 5.63. The van der Waals surface area contributed by atoms with Crippen molar-refractivity contribution in [1.29, 1.82) is 0 Å². The number of hydrogen-bond acceptors (Lipinski definition) is 5. The molecule has 0 saturated carbocycles. The predicted octanol–water partition coefficient (Wildman–Crippen LogP) is 1.44. The lowest BCUT2D eigenvalue weighted by Gasteiger charge is -2.36. The molecule has 0 aliphatic carbocycles. The van der Waals surface area contributed by atoms with E-state index >= 15 is 0 Å². The SMILES string of the molecule is C[C@@H]1CN(c2nccc(/C(N)=N/O)c2Cl)C[C@H](C)O1. The molecule has 0 unspecified atom stereocenters. The Morgan fingerprint density at radius 2 is 2.16 bits per heavy atom. The first-order valence-electron chi connectivity index (χ1n) is 6.05. The second-order valence-electron chi connectivity index (χ2n) is 4.64. The van der Waals surface area contributed by atoms with Crippen molar-refractivity contribution in [3.8, 4) is 0 Å². The van der Waals surface area contributed by atoms with Crippen LogP contribution >= 0.6 is 11.6 Å². The zero-order chi connectivity index (χ0) is 14.0. The number of pyridine rings is 1. The van der Waals surface area contributed by atoms with Gasteiger partial charge in [-0.2, -0.15) is 0 Å². The quantitative estimate of drug-likeness (QED) is 0.372. The summed E-state index contributed by atoms with van der Waals surface area (Å²) in [4.78, 5) is 6.35. The van der Waals surface area contributed by atoms with Gasteiger partial charge in [0.25, 0.3) is 0 Å². The minimum Gasteiger partial charge on any atom is -0.409 e. The van der Waals surface area contributed by atoms with Crippen LogP contribution in [0.2, 0.25) is 5.02 Å². The fourth-order valence-corrected chi connectivity index (χ4v) is 2.58. The van der Waals surface area contributed by atoms with E-state index in [1.807, 2.05) is 13.8 Å². The Balaban J connectivity index is 2.35. The number of ether oxygens (including phenoxy) is 1. The van der Waals surface area contributed by atoms with Crippen LogP contribution in [0.15, 0.2) is 17.4 Å². The molecule has 0 spiro atoms. The highest BCUT2D eigenvalue weighted by Gasteiger charge is 2.25. The van der Waals surface area contributed by atoms with Gasteiger partial charge in [-0.25, -0.2) is 4.98 Å². The number of amidine groups is 1. The topological polar surface area (TPSA) is 84.0 Å². The smallest absolute Gasteiger partial charge is 0.171 e. The molecule has 19 heavy (non-hydrogen) atoms. The zero-order valence-corrected chi connectivity index (χ0v) is 11.6. The van der Waals surface area contributed by atoms with Gasteiger partial charge in [0, 0.05) is 24.8 Å². The molecular formula is C12H17ClN4O2. The molecule has 0 bridgehead atoms. The predicted molar refractivity (Wildman–Crippen MR) is 74.0 cm³/mol. The van der Waals surface area contributed by atoms with Crippen molar-refractivity contribution in [3.63, 3.8) is 0 Å². The highest BCUT2D eigenvalue weighted by atomic mass is 35.5. The Hall–Kier alpha value is -1.53. The van der Waals surface area contributed by atoms with Crippen molar-refractivity contribution in [1.82, 2.24) is 4.98 Å². The lowest BCUT2D eigenvalue weighted by Crippen LogP contribution is -2.46. The first-order chi connectivity index (χ1) is 9.02. The summed E-state index contributed by atoms with van der Waals surface area (Å²) in [5.74, 6) is 0.607. The number of anilines is 1. The molecule has 0 aromatic carbocycles. The molecule has 2 rings (SSSR count). The van der Waals surface area contributed by atoms with E-state index in [4.69, 9.17) is 27.3 Å². The summed E-state index contributed by atoms with van der Waals surface area (Å²) < 4.78 is 5.68. The number of hydrogen-bond donors (Lipinski definition) is 2. The Morgan fingerprint density at radius 3 is 2.74 bits per heavy atom. The summed E-state index contributed by atoms with van der Waals surface area (Å²) in [5.41, 5.74) is 6.07. The van der Waals surface area contributed by atoms with E-state index in [1.165, 1.54) is 0 Å². The van der Waals surface area contributed by atoms with Gasteiger partial charge in [-0.15, -0.1) is 0 Å². The monoisotopic (exact) mass is 284 g/mol. The standard InChI is InChI=1S/C12H17ClN4O2/c1-7-5-17(6-8(2)19-7)12-10(13)9(3-4-15-12)11(14)16-18/h3-4,7-8,18H,5-6H2,1-2H3,(H2,14,16)/t7-,8+. The molecule has 7 heteroatoms.